The lowest BCUT2D eigenvalue weighted by Crippen LogP contribution is -2.53. The molecule has 6 nitrogen and oxygen atoms in total. The number of benzene rings is 2. The predicted octanol–water partition coefficient (Wildman–Crippen LogP) is 3.82. The van der Waals surface area contributed by atoms with Crippen molar-refractivity contribution in [1.29, 1.82) is 0 Å². The Morgan fingerprint density at radius 2 is 1.71 bits per heavy atom. The van der Waals surface area contributed by atoms with Crippen molar-refractivity contribution in [3.63, 3.8) is 0 Å². The number of aliphatic hydroxyl groups is 1. The molecule has 2 aromatic carbocycles. The monoisotopic (exact) mass is 469 g/mol. The van der Waals surface area contributed by atoms with Crippen molar-refractivity contribution in [2.45, 2.75) is 25.7 Å². The van der Waals surface area contributed by atoms with Gasteiger partial charge >= 0.3 is 6.18 Å². The van der Waals surface area contributed by atoms with Gasteiger partial charge in [-0.2, -0.15) is 13.2 Å². The van der Waals surface area contributed by atoms with Gasteiger partial charge in [0, 0.05) is 37.0 Å². The lowest BCUT2D eigenvalue weighted by Gasteiger charge is -2.36. The van der Waals surface area contributed by atoms with Crippen LogP contribution in [-0.4, -0.2) is 46.0 Å². The van der Waals surface area contributed by atoms with Crippen LogP contribution in [-0.2, 0) is 12.7 Å². The van der Waals surface area contributed by atoms with Crippen LogP contribution in [0.1, 0.15) is 37.5 Å². The number of amides is 2. The number of likely N-dealkylation sites (tertiary alicyclic amines) is 1. The molecule has 0 unspecified atom stereocenters. The molecule has 1 aliphatic rings. The first-order valence-corrected chi connectivity index (χ1v) is 10.6. The second-order valence-electron chi connectivity index (χ2n) is 8.26. The molecular weight excluding hydrogens is 447 g/mol. The molecule has 0 radical (unpaired) electrons. The first-order chi connectivity index (χ1) is 16.1. The van der Waals surface area contributed by atoms with Gasteiger partial charge in [-0.1, -0.05) is 35.9 Å². The van der Waals surface area contributed by atoms with Crippen molar-refractivity contribution in [2.24, 2.45) is 0 Å². The Morgan fingerprint density at radius 3 is 2.29 bits per heavy atom. The van der Waals surface area contributed by atoms with Gasteiger partial charge in [-0.25, -0.2) is 0 Å². The highest BCUT2D eigenvalue weighted by molar-refractivity contribution is 6.01. The smallest absolute Gasteiger partial charge is 0.389 e. The number of hydrogen-bond donors (Lipinski definition) is 2. The minimum Gasteiger partial charge on any atom is -0.389 e. The van der Waals surface area contributed by atoms with Crippen LogP contribution in [0.3, 0.4) is 0 Å². The molecule has 1 saturated heterocycles. The zero-order chi connectivity index (χ0) is 24.5. The predicted molar refractivity (Wildman–Crippen MR) is 119 cm³/mol. The fourth-order valence-corrected chi connectivity index (χ4v) is 3.58. The van der Waals surface area contributed by atoms with Crippen LogP contribution in [0.4, 0.5) is 13.2 Å². The highest BCUT2D eigenvalue weighted by Gasteiger charge is 2.32. The number of carbonyl (C=O) groups is 2. The fraction of sp³-hybridized carbons (Fsp3) is 0.240. The van der Waals surface area contributed by atoms with Gasteiger partial charge in [0.2, 0.25) is 0 Å². The van der Waals surface area contributed by atoms with Gasteiger partial charge in [-0.05, 0) is 47.9 Å². The maximum Gasteiger partial charge on any atom is 0.433 e. The Bertz CT molecular complexity index is 1200. The minimum absolute atomic E-state index is 0.0275. The van der Waals surface area contributed by atoms with Gasteiger partial charge in [-0.3, -0.25) is 14.6 Å². The molecule has 0 atom stereocenters. The molecule has 9 heteroatoms. The van der Waals surface area contributed by atoms with Crippen LogP contribution in [0.2, 0.25) is 0 Å². The molecule has 0 aliphatic carbocycles. The molecular formula is C25H22F3N3O3. The third-order valence-corrected chi connectivity index (χ3v) is 5.54. The van der Waals surface area contributed by atoms with Crippen molar-refractivity contribution in [3.8, 4) is 11.1 Å². The van der Waals surface area contributed by atoms with Crippen molar-refractivity contribution >= 4 is 11.8 Å². The van der Waals surface area contributed by atoms with Crippen LogP contribution in [0, 0.1) is 6.92 Å². The van der Waals surface area contributed by atoms with Crippen LogP contribution in [0.25, 0.3) is 11.1 Å². The summed E-state index contributed by atoms with van der Waals surface area (Å²) in [5, 5.41) is 12.2. The molecule has 1 aliphatic heterocycles. The summed E-state index contributed by atoms with van der Waals surface area (Å²) in [6.45, 7) is 2.39. The van der Waals surface area contributed by atoms with Gasteiger partial charge in [0.25, 0.3) is 11.8 Å². The van der Waals surface area contributed by atoms with E-state index in [2.05, 4.69) is 10.3 Å². The fourth-order valence-electron chi connectivity index (χ4n) is 3.58. The largest absolute Gasteiger partial charge is 0.433 e. The summed E-state index contributed by atoms with van der Waals surface area (Å²) in [4.78, 5) is 30.6. The Morgan fingerprint density at radius 1 is 1.03 bits per heavy atom. The number of halogens is 3. The van der Waals surface area contributed by atoms with Crippen LogP contribution >= 0.6 is 0 Å². The van der Waals surface area contributed by atoms with E-state index in [0.717, 1.165) is 23.4 Å². The first-order valence-electron chi connectivity index (χ1n) is 10.6. The number of nitrogens with zero attached hydrogens (tertiary/aromatic N) is 2. The summed E-state index contributed by atoms with van der Waals surface area (Å²) in [5.41, 5.74) is 2.51. The molecule has 176 valence electrons. The number of carbonyl (C=O) groups excluding carboxylic acids is 2. The van der Waals surface area contributed by atoms with Crippen molar-refractivity contribution < 1.29 is 27.9 Å². The molecule has 2 amide bonds. The number of nitrogens with one attached hydrogen (secondary N) is 1. The van der Waals surface area contributed by atoms with Gasteiger partial charge in [0.15, 0.2) is 0 Å². The first kappa shape index (κ1) is 23.4. The van der Waals surface area contributed by atoms with E-state index in [9.17, 15) is 27.9 Å². The highest BCUT2D eigenvalue weighted by atomic mass is 19.4. The van der Waals surface area contributed by atoms with Crippen molar-refractivity contribution in [2.75, 3.05) is 13.1 Å². The van der Waals surface area contributed by atoms with Gasteiger partial charge in [0.1, 0.15) is 5.69 Å². The zero-order valence-electron chi connectivity index (χ0n) is 18.3. The van der Waals surface area contributed by atoms with Crippen molar-refractivity contribution in [3.05, 3.63) is 88.7 Å². The molecule has 2 heterocycles. The minimum atomic E-state index is -4.53. The Kier molecular flexibility index (Phi) is 6.39. The molecule has 4 rings (SSSR count). The number of hydrogen-bond acceptors (Lipinski definition) is 4. The van der Waals surface area contributed by atoms with E-state index in [1.807, 2.05) is 31.2 Å². The summed E-state index contributed by atoms with van der Waals surface area (Å²) in [6, 6.07) is 14.6. The average molecular weight is 469 g/mol. The molecule has 1 fully saturated rings. The van der Waals surface area contributed by atoms with Gasteiger partial charge in [-0.15, -0.1) is 0 Å². The number of β-amino-alcohol motifs (C(OH)–C–C–N with tert-alkyl or cyclic N) is 1. The normalized spacial score (nSPS) is 14.0. The van der Waals surface area contributed by atoms with E-state index >= 15 is 0 Å². The highest BCUT2D eigenvalue weighted by Crippen LogP contribution is 2.27. The van der Waals surface area contributed by atoms with Crippen LogP contribution in [0.5, 0.6) is 0 Å². The topological polar surface area (TPSA) is 82.5 Å². The second kappa shape index (κ2) is 9.26. The van der Waals surface area contributed by atoms with Crippen molar-refractivity contribution in [1.82, 2.24) is 15.2 Å². The summed E-state index contributed by atoms with van der Waals surface area (Å²) < 4.78 is 38.1. The van der Waals surface area contributed by atoms with E-state index < -0.39 is 23.9 Å². The third kappa shape index (κ3) is 5.26. The number of aromatic nitrogens is 1. The molecule has 0 spiro atoms. The van der Waals surface area contributed by atoms with Crippen LogP contribution in [0.15, 0.2) is 60.8 Å². The van der Waals surface area contributed by atoms with Gasteiger partial charge in [0.05, 0.1) is 6.10 Å². The number of rotatable bonds is 5. The zero-order valence-corrected chi connectivity index (χ0v) is 18.3. The van der Waals surface area contributed by atoms with E-state index in [1.54, 1.807) is 12.1 Å². The molecule has 3 aromatic rings. The lowest BCUT2D eigenvalue weighted by atomic mass is 9.97. The molecule has 0 saturated carbocycles. The maximum absolute atomic E-state index is 12.9. The molecule has 1 aromatic heterocycles. The average Bonchev–Trinajstić information content (AvgIpc) is 2.80. The van der Waals surface area contributed by atoms with E-state index in [4.69, 9.17) is 0 Å². The Balaban J connectivity index is 1.57. The Labute approximate surface area is 194 Å². The third-order valence-electron chi connectivity index (χ3n) is 5.54. The summed E-state index contributed by atoms with van der Waals surface area (Å²) in [6.07, 6.45) is -4.02. The standard InChI is InChI=1S/C25H22F3N3O3/c1-15-2-5-17(6-3-15)18-8-19(10-20(9-18)24(34)31-13-21(32)14-31)23(33)30-12-16-4-7-22(29-11-16)25(26,27)28/h2-11,21,32H,12-14H2,1H3,(H,30,33). The number of pyridine rings is 1. The number of alkyl halides is 3. The Hall–Kier alpha value is -3.72. The molecule has 2 N–H and O–H groups in total. The summed E-state index contributed by atoms with van der Waals surface area (Å²) in [7, 11) is 0. The summed E-state index contributed by atoms with van der Waals surface area (Å²) >= 11 is 0. The number of aliphatic hydroxyl groups excluding tert-OH is 1. The van der Waals surface area contributed by atoms with Gasteiger partial charge < -0.3 is 15.3 Å². The van der Waals surface area contributed by atoms with E-state index in [1.165, 1.54) is 17.0 Å². The van der Waals surface area contributed by atoms with E-state index in [-0.39, 0.29) is 31.1 Å². The number of aryl methyl sites for hydroxylation is 1. The second-order valence-corrected chi connectivity index (χ2v) is 8.26. The SMILES string of the molecule is Cc1ccc(-c2cc(C(=O)NCc3ccc(C(F)(F)F)nc3)cc(C(=O)N3CC(O)C3)c2)cc1. The summed E-state index contributed by atoms with van der Waals surface area (Å²) in [5.74, 6) is -0.771. The quantitative estimate of drug-likeness (QED) is 0.595. The van der Waals surface area contributed by atoms with E-state index in [0.29, 0.717) is 16.7 Å². The lowest BCUT2D eigenvalue weighted by molar-refractivity contribution is -0.141. The maximum atomic E-state index is 12.9. The van der Waals surface area contributed by atoms with Crippen LogP contribution < -0.4 is 5.32 Å². The molecule has 34 heavy (non-hydrogen) atoms. The molecule has 0 bridgehead atoms.